The number of nitrogens with two attached hydrogens (primary N) is 1. The van der Waals surface area contributed by atoms with Crippen LogP contribution in [0.15, 0.2) is 24.3 Å². The number of carbonyl (C=O) groups excluding carboxylic acids is 2. The molecular weight excluding hydrogens is 263 g/mol. The van der Waals surface area contributed by atoms with Crippen molar-refractivity contribution in [1.29, 1.82) is 0 Å². The number of hydrogen-bond acceptors (Lipinski definition) is 4. The quantitative estimate of drug-likeness (QED) is 0.738. The smallest absolute Gasteiger partial charge is 0.308 e. The van der Waals surface area contributed by atoms with E-state index in [0.29, 0.717) is 5.56 Å². The Morgan fingerprint density at radius 3 is 2.55 bits per heavy atom. The number of hydrogen-bond donors (Lipinski definition) is 2. The lowest BCUT2D eigenvalue weighted by Crippen LogP contribution is -2.31. The standard InChI is InChI=1S/C14H19FN2O3/c1-2-20-14(19)9-12(17-13(18)7-8-16)10-3-5-11(15)6-4-10/h3-6,12H,2,7-9,16H2,1H3,(H,17,18). The van der Waals surface area contributed by atoms with E-state index in [0.717, 1.165) is 0 Å². The van der Waals surface area contributed by atoms with Gasteiger partial charge in [-0.3, -0.25) is 9.59 Å². The van der Waals surface area contributed by atoms with E-state index in [1.54, 1.807) is 6.92 Å². The van der Waals surface area contributed by atoms with E-state index >= 15 is 0 Å². The summed E-state index contributed by atoms with van der Waals surface area (Å²) in [6.07, 6.45) is 0.163. The molecule has 0 fully saturated rings. The summed E-state index contributed by atoms with van der Waals surface area (Å²) in [4.78, 5) is 23.2. The van der Waals surface area contributed by atoms with Crippen molar-refractivity contribution >= 4 is 11.9 Å². The summed E-state index contributed by atoms with van der Waals surface area (Å²) in [6.45, 7) is 2.20. The molecule has 0 spiro atoms. The van der Waals surface area contributed by atoms with E-state index in [4.69, 9.17) is 10.5 Å². The average molecular weight is 282 g/mol. The maximum atomic E-state index is 12.9. The molecule has 1 amide bonds. The summed E-state index contributed by atoms with van der Waals surface area (Å²) < 4.78 is 17.8. The SMILES string of the molecule is CCOC(=O)CC(NC(=O)CCN)c1ccc(F)cc1. The van der Waals surface area contributed by atoms with Gasteiger partial charge in [0.2, 0.25) is 5.91 Å². The monoisotopic (exact) mass is 282 g/mol. The van der Waals surface area contributed by atoms with E-state index in [9.17, 15) is 14.0 Å². The number of nitrogens with one attached hydrogen (secondary N) is 1. The molecule has 6 heteroatoms. The summed E-state index contributed by atoms with van der Waals surface area (Å²) >= 11 is 0. The Morgan fingerprint density at radius 2 is 2.00 bits per heavy atom. The topological polar surface area (TPSA) is 81.4 Å². The lowest BCUT2D eigenvalue weighted by molar-refractivity contribution is -0.143. The van der Waals surface area contributed by atoms with Crippen LogP contribution in [0.3, 0.4) is 0 Å². The highest BCUT2D eigenvalue weighted by Crippen LogP contribution is 2.18. The summed E-state index contributed by atoms with van der Waals surface area (Å²) in [6, 6.07) is 5.07. The fourth-order valence-corrected chi connectivity index (χ4v) is 1.73. The van der Waals surface area contributed by atoms with E-state index in [2.05, 4.69) is 5.32 Å². The zero-order valence-corrected chi connectivity index (χ0v) is 11.4. The summed E-state index contributed by atoms with van der Waals surface area (Å²) in [5.41, 5.74) is 5.95. The minimum atomic E-state index is -0.548. The molecule has 0 radical (unpaired) electrons. The first-order chi connectivity index (χ1) is 9.56. The normalized spacial score (nSPS) is 11.8. The molecular formula is C14H19FN2O3. The third-order valence-corrected chi connectivity index (χ3v) is 2.66. The van der Waals surface area contributed by atoms with Crippen molar-refractivity contribution in [3.63, 3.8) is 0 Å². The average Bonchev–Trinajstić information content (AvgIpc) is 2.39. The number of benzene rings is 1. The number of carbonyl (C=O) groups is 2. The highest BCUT2D eigenvalue weighted by Gasteiger charge is 2.19. The molecule has 1 unspecified atom stereocenters. The van der Waals surface area contributed by atoms with Gasteiger partial charge in [-0.15, -0.1) is 0 Å². The zero-order valence-electron chi connectivity index (χ0n) is 11.4. The molecule has 0 aliphatic rings. The first-order valence-electron chi connectivity index (χ1n) is 6.47. The number of rotatable bonds is 7. The second kappa shape index (κ2) is 8.27. The molecule has 110 valence electrons. The minimum absolute atomic E-state index is 0.00418. The van der Waals surface area contributed by atoms with Gasteiger partial charge in [-0.1, -0.05) is 12.1 Å². The van der Waals surface area contributed by atoms with Crippen molar-refractivity contribution in [2.24, 2.45) is 5.73 Å². The zero-order chi connectivity index (χ0) is 15.0. The lowest BCUT2D eigenvalue weighted by Gasteiger charge is -2.18. The number of halogens is 1. The maximum absolute atomic E-state index is 12.9. The molecule has 1 aromatic carbocycles. The molecule has 0 heterocycles. The Hall–Kier alpha value is -1.95. The van der Waals surface area contributed by atoms with Gasteiger partial charge in [-0.05, 0) is 24.6 Å². The lowest BCUT2D eigenvalue weighted by atomic mass is 10.0. The molecule has 1 aromatic rings. The predicted molar refractivity (Wildman–Crippen MR) is 72.2 cm³/mol. The Bertz CT molecular complexity index is 428. The number of amides is 1. The highest BCUT2D eigenvalue weighted by atomic mass is 19.1. The number of esters is 1. The van der Waals surface area contributed by atoms with Crippen molar-refractivity contribution in [2.45, 2.75) is 25.8 Å². The van der Waals surface area contributed by atoms with Crippen LogP contribution in [0, 0.1) is 5.82 Å². The van der Waals surface area contributed by atoms with Gasteiger partial charge >= 0.3 is 5.97 Å². The molecule has 1 rings (SSSR count). The Morgan fingerprint density at radius 1 is 1.35 bits per heavy atom. The van der Waals surface area contributed by atoms with Crippen molar-refractivity contribution in [2.75, 3.05) is 13.2 Å². The van der Waals surface area contributed by atoms with Crippen LogP contribution in [0.4, 0.5) is 4.39 Å². The first kappa shape index (κ1) is 16.1. The Balaban J connectivity index is 2.80. The van der Waals surface area contributed by atoms with Crippen LogP contribution in [0.2, 0.25) is 0 Å². The van der Waals surface area contributed by atoms with E-state index in [1.807, 2.05) is 0 Å². The van der Waals surface area contributed by atoms with Gasteiger partial charge in [0.05, 0.1) is 19.1 Å². The summed E-state index contributed by atoms with van der Waals surface area (Å²) in [7, 11) is 0. The first-order valence-corrected chi connectivity index (χ1v) is 6.47. The van der Waals surface area contributed by atoms with Crippen LogP contribution in [-0.4, -0.2) is 25.0 Å². The summed E-state index contributed by atoms with van der Waals surface area (Å²) in [5, 5.41) is 2.70. The largest absolute Gasteiger partial charge is 0.466 e. The molecule has 3 N–H and O–H groups in total. The van der Waals surface area contributed by atoms with Crippen LogP contribution in [0.5, 0.6) is 0 Å². The second-order valence-corrected chi connectivity index (χ2v) is 4.22. The molecule has 1 atom stereocenters. The van der Waals surface area contributed by atoms with Crippen molar-refractivity contribution in [3.05, 3.63) is 35.6 Å². The van der Waals surface area contributed by atoms with E-state index in [1.165, 1.54) is 24.3 Å². The third kappa shape index (κ3) is 5.36. The van der Waals surface area contributed by atoms with Gasteiger partial charge in [0.25, 0.3) is 0 Å². The van der Waals surface area contributed by atoms with Crippen LogP contribution in [0.25, 0.3) is 0 Å². The molecule has 0 aliphatic carbocycles. The maximum Gasteiger partial charge on any atom is 0.308 e. The van der Waals surface area contributed by atoms with Gasteiger partial charge in [0, 0.05) is 13.0 Å². The van der Waals surface area contributed by atoms with Gasteiger partial charge in [-0.2, -0.15) is 0 Å². The molecule has 0 bridgehead atoms. The van der Waals surface area contributed by atoms with Crippen LogP contribution in [0.1, 0.15) is 31.4 Å². The number of ether oxygens (including phenoxy) is 1. The molecule has 0 saturated carbocycles. The van der Waals surface area contributed by atoms with Crippen LogP contribution >= 0.6 is 0 Å². The van der Waals surface area contributed by atoms with Gasteiger partial charge < -0.3 is 15.8 Å². The minimum Gasteiger partial charge on any atom is -0.466 e. The van der Waals surface area contributed by atoms with Crippen LogP contribution in [-0.2, 0) is 14.3 Å². The molecule has 5 nitrogen and oxygen atoms in total. The molecule has 0 aromatic heterocycles. The Kier molecular flexibility index (Phi) is 6.66. The van der Waals surface area contributed by atoms with Gasteiger partial charge in [0.1, 0.15) is 5.82 Å². The van der Waals surface area contributed by atoms with Crippen LogP contribution < -0.4 is 11.1 Å². The van der Waals surface area contributed by atoms with Crippen molar-refractivity contribution in [3.8, 4) is 0 Å². The molecule has 20 heavy (non-hydrogen) atoms. The molecule has 0 saturated heterocycles. The van der Waals surface area contributed by atoms with Crippen molar-refractivity contribution < 1.29 is 18.7 Å². The van der Waals surface area contributed by atoms with E-state index < -0.39 is 12.0 Å². The summed E-state index contributed by atoms with van der Waals surface area (Å²) in [5.74, 6) is -1.06. The molecule has 0 aliphatic heterocycles. The van der Waals surface area contributed by atoms with Gasteiger partial charge in [0.15, 0.2) is 0 Å². The second-order valence-electron chi connectivity index (χ2n) is 4.22. The fraction of sp³-hybridized carbons (Fsp3) is 0.429. The van der Waals surface area contributed by atoms with E-state index in [-0.39, 0.29) is 37.7 Å². The fourth-order valence-electron chi connectivity index (χ4n) is 1.73. The third-order valence-electron chi connectivity index (χ3n) is 2.66. The van der Waals surface area contributed by atoms with Crippen molar-refractivity contribution in [1.82, 2.24) is 5.32 Å². The Labute approximate surface area is 117 Å². The predicted octanol–water partition coefficient (Wildman–Crippen LogP) is 1.29. The highest BCUT2D eigenvalue weighted by molar-refractivity contribution is 5.78. The van der Waals surface area contributed by atoms with Gasteiger partial charge in [-0.25, -0.2) is 4.39 Å².